The molecule has 0 N–H and O–H groups in total. The van der Waals surface area contributed by atoms with E-state index in [-0.39, 0.29) is 5.91 Å². The second-order valence-corrected chi connectivity index (χ2v) is 2.47. The molecule has 0 radical (unpaired) electrons. The lowest BCUT2D eigenvalue weighted by molar-refractivity contribution is -0.129. The fourth-order valence-corrected chi connectivity index (χ4v) is 1.03. The van der Waals surface area contributed by atoms with Gasteiger partial charge < -0.3 is 9.69 Å². The van der Waals surface area contributed by atoms with E-state index in [1.807, 2.05) is 6.08 Å². The van der Waals surface area contributed by atoms with Gasteiger partial charge >= 0.3 is 0 Å². The van der Waals surface area contributed by atoms with Crippen molar-refractivity contribution in [3.05, 3.63) is 12.3 Å². The molecule has 3 heteroatoms. The molecule has 0 saturated carbocycles. The van der Waals surface area contributed by atoms with Crippen molar-refractivity contribution in [2.45, 2.75) is 19.3 Å². The molecule has 1 rings (SSSR count). The van der Waals surface area contributed by atoms with E-state index in [2.05, 4.69) is 0 Å². The van der Waals surface area contributed by atoms with Crippen LogP contribution in [-0.2, 0) is 9.59 Å². The molecule has 0 saturated heterocycles. The van der Waals surface area contributed by atoms with Gasteiger partial charge in [-0.1, -0.05) is 6.08 Å². The molecule has 0 aliphatic carbocycles. The first kappa shape index (κ1) is 7.98. The Labute approximate surface area is 65.7 Å². The van der Waals surface area contributed by atoms with Gasteiger partial charge in [0.15, 0.2) is 0 Å². The number of hydrogen-bond donors (Lipinski definition) is 0. The predicted octanol–water partition coefficient (Wildman–Crippen LogP) is 0.712. The van der Waals surface area contributed by atoms with Crippen LogP contribution in [0, 0.1) is 0 Å². The standard InChI is InChI=1S/C8H11NO2/c10-7-3-6-9-5-2-1-4-8(9)11/h2,5,7H,1,3-4,6H2. The van der Waals surface area contributed by atoms with Gasteiger partial charge in [-0.25, -0.2) is 0 Å². The van der Waals surface area contributed by atoms with E-state index in [0.29, 0.717) is 19.4 Å². The number of aldehydes is 1. The van der Waals surface area contributed by atoms with Gasteiger partial charge in [0.25, 0.3) is 0 Å². The minimum absolute atomic E-state index is 0.120. The van der Waals surface area contributed by atoms with Gasteiger partial charge in [-0.05, 0) is 6.42 Å². The van der Waals surface area contributed by atoms with Gasteiger partial charge in [-0.3, -0.25) is 4.79 Å². The molecule has 0 aromatic rings. The maximum atomic E-state index is 11.1. The second kappa shape index (κ2) is 3.91. The summed E-state index contributed by atoms with van der Waals surface area (Å²) in [6.45, 7) is 0.527. The number of carbonyl (C=O) groups excluding carboxylic acids is 2. The average Bonchev–Trinajstić information content (AvgIpc) is 2.03. The fourth-order valence-electron chi connectivity index (χ4n) is 1.03. The van der Waals surface area contributed by atoms with Crippen LogP contribution in [-0.4, -0.2) is 23.6 Å². The van der Waals surface area contributed by atoms with Crippen LogP contribution in [0.25, 0.3) is 0 Å². The largest absolute Gasteiger partial charge is 0.319 e. The Morgan fingerprint density at radius 2 is 2.45 bits per heavy atom. The highest BCUT2D eigenvalue weighted by molar-refractivity contribution is 5.78. The molecule has 0 spiro atoms. The van der Waals surface area contributed by atoms with E-state index in [9.17, 15) is 9.59 Å². The number of carbonyl (C=O) groups is 2. The highest BCUT2D eigenvalue weighted by Gasteiger charge is 2.11. The van der Waals surface area contributed by atoms with Crippen molar-refractivity contribution in [2.24, 2.45) is 0 Å². The molecule has 11 heavy (non-hydrogen) atoms. The summed E-state index contributed by atoms with van der Waals surface area (Å²) in [5, 5.41) is 0. The molecule has 1 aliphatic heterocycles. The SMILES string of the molecule is O=CCCN1C=CCCC1=O. The topological polar surface area (TPSA) is 37.4 Å². The van der Waals surface area contributed by atoms with Gasteiger partial charge in [-0.2, -0.15) is 0 Å². The van der Waals surface area contributed by atoms with Crippen molar-refractivity contribution >= 4 is 12.2 Å². The van der Waals surface area contributed by atoms with E-state index in [1.165, 1.54) is 0 Å². The first-order valence-electron chi connectivity index (χ1n) is 3.74. The van der Waals surface area contributed by atoms with Crippen molar-refractivity contribution in [1.82, 2.24) is 4.90 Å². The van der Waals surface area contributed by atoms with Crippen molar-refractivity contribution in [1.29, 1.82) is 0 Å². The van der Waals surface area contributed by atoms with E-state index < -0.39 is 0 Å². The van der Waals surface area contributed by atoms with Crippen LogP contribution in [0.1, 0.15) is 19.3 Å². The smallest absolute Gasteiger partial charge is 0.226 e. The molecule has 0 aromatic carbocycles. The lowest BCUT2D eigenvalue weighted by atomic mass is 10.2. The molecule has 1 amide bonds. The van der Waals surface area contributed by atoms with Gasteiger partial charge in [0.1, 0.15) is 6.29 Å². The third-order valence-corrected chi connectivity index (χ3v) is 1.62. The summed E-state index contributed by atoms with van der Waals surface area (Å²) in [5.41, 5.74) is 0. The number of allylic oxidation sites excluding steroid dienone is 1. The Bertz CT molecular complexity index is 187. The lowest BCUT2D eigenvalue weighted by Crippen LogP contribution is -2.28. The summed E-state index contributed by atoms with van der Waals surface area (Å²) in [4.78, 5) is 22.6. The Morgan fingerprint density at radius 3 is 3.09 bits per heavy atom. The average molecular weight is 153 g/mol. The van der Waals surface area contributed by atoms with Gasteiger partial charge in [0.2, 0.25) is 5.91 Å². The van der Waals surface area contributed by atoms with Crippen LogP contribution in [0.2, 0.25) is 0 Å². The zero-order valence-corrected chi connectivity index (χ0v) is 6.32. The minimum Gasteiger partial charge on any atom is -0.319 e. The van der Waals surface area contributed by atoms with Crippen LogP contribution >= 0.6 is 0 Å². The number of amides is 1. The molecular weight excluding hydrogens is 142 g/mol. The van der Waals surface area contributed by atoms with Crippen molar-refractivity contribution in [3.8, 4) is 0 Å². The zero-order valence-electron chi connectivity index (χ0n) is 6.32. The van der Waals surface area contributed by atoms with Crippen LogP contribution < -0.4 is 0 Å². The highest BCUT2D eigenvalue weighted by Crippen LogP contribution is 2.06. The van der Waals surface area contributed by atoms with Gasteiger partial charge in [0, 0.05) is 25.6 Å². The maximum Gasteiger partial charge on any atom is 0.226 e. The molecule has 0 atom stereocenters. The first-order valence-corrected chi connectivity index (χ1v) is 3.74. The zero-order chi connectivity index (χ0) is 8.10. The summed E-state index contributed by atoms with van der Waals surface area (Å²) in [5.74, 6) is 0.120. The predicted molar refractivity (Wildman–Crippen MR) is 40.8 cm³/mol. The molecule has 0 fully saturated rings. The minimum atomic E-state index is 0.120. The van der Waals surface area contributed by atoms with Crippen LogP contribution in [0.15, 0.2) is 12.3 Å². The van der Waals surface area contributed by atoms with Gasteiger partial charge in [0.05, 0.1) is 0 Å². The number of rotatable bonds is 3. The summed E-state index contributed by atoms with van der Waals surface area (Å²) in [7, 11) is 0. The quantitative estimate of drug-likeness (QED) is 0.560. The third kappa shape index (κ3) is 2.18. The van der Waals surface area contributed by atoms with Crippen LogP contribution in [0.3, 0.4) is 0 Å². The van der Waals surface area contributed by atoms with E-state index in [1.54, 1.807) is 11.1 Å². The summed E-state index contributed by atoms with van der Waals surface area (Å²) < 4.78 is 0. The molecule has 1 aliphatic rings. The molecule has 0 unspecified atom stereocenters. The molecular formula is C8H11NO2. The maximum absolute atomic E-state index is 11.1. The van der Waals surface area contributed by atoms with E-state index in [0.717, 1.165) is 12.7 Å². The molecule has 0 aromatic heterocycles. The van der Waals surface area contributed by atoms with Gasteiger partial charge in [-0.15, -0.1) is 0 Å². The Hall–Kier alpha value is -1.12. The number of nitrogens with zero attached hydrogens (tertiary/aromatic N) is 1. The molecule has 60 valence electrons. The van der Waals surface area contributed by atoms with Crippen molar-refractivity contribution in [3.63, 3.8) is 0 Å². The van der Waals surface area contributed by atoms with Crippen molar-refractivity contribution in [2.75, 3.05) is 6.54 Å². The Morgan fingerprint density at radius 1 is 1.64 bits per heavy atom. The third-order valence-electron chi connectivity index (χ3n) is 1.62. The monoisotopic (exact) mass is 153 g/mol. The van der Waals surface area contributed by atoms with E-state index >= 15 is 0 Å². The summed E-state index contributed by atoms with van der Waals surface area (Å²) >= 11 is 0. The Kier molecular flexibility index (Phi) is 2.83. The molecule has 3 nitrogen and oxygen atoms in total. The first-order chi connectivity index (χ1) is 5.34. The normalized spacial score (nSPS) is 17.1. The van der Waals surface area contributed by atoms with Crippen LogP contribution in [0.4, 0.5) is 0 Å². The highest BCUT2D eigenvalue weighted by atomic mass is 16.2. The summed E-state index contributed by atoms with van der Waals surface area (Å²) in [6.07, 6.45) is 6.37. The van der Waals surface area contributed by atoms with Crippen LogP contribution in [0.5, 0.6) is 0 Å². The number of hydrogen-bond acceptors (Lipinski definition) is 2. The second-order valence-electron chi connectivity index (χ2n) is 2.47. The molecule has 1 heterocycles. The lowest BCUT2D eigenvalue weighted by Gasteiger charge is -2.19. The molecule has 0 bridgehead atoms. The summed E-state index contributed by atoms with van der Waals surface area (Å²) in [6, 6.07) is 0. The Balaban J connectivity index is 2.41. The fraction of sp³-hybridized carbons (Fsp3) is 0.500. The van der Waals surface area contributed by atoms with Crippen molar-refractivity contribution < 1.29 is 9.59 Å². The van der Waals surface area contributed by atoms with E-state index in [4.69, 9.17) is 0 Å².